The molecular formula is C19H21N3O2. The molecule has 5 heteroatoms. The quantitative estimate of drug-likeness (QED) is 0.777. The largest absolute Gasteiger partial charge is 0.461 e. The van der Waals surface area contributed by atoms with Gasteiger partial charge in [0, 0.05) is 17.7 Å². The van der Waals surface area contributed by atoms with Gasteiger partial charge in [-0.1, -0.05) is 12.1 Å². The molecule has 24 heavy (non-hydrogen) atoms. The maximum Gasteiger partial charge on any atom is 0.255 e. The van der Waals surface area contributed by atoms with Crippen molar-refractivity contribution >= 4 is 11.6 Å². The number of nitrogens with one attached hydrogen (secondary N) is 1. The summed E-state index contributed by atoms with van der Waals surface area (Å²) in [7, 11) is 0. The van der Waals surface area contributed by atoms with E-state index in [2.05, 4.69) is 10.4 Å². The fourth-order valence-electron chi connectivity index (χ4n) is 2.75. The SMILES string of the molecule is CCn1nc(C)c(NC(=O)c2ccc(-c3ccc(C)o3)cc2)c1C. The molecule has 1 N–H and O–H groups in total. The highest BCUT2D eigenvalue weighted by molar-refractivity contribution is 6.05. The third kappa shape index (κ3) is 2.97. The normalized spacial score (nSPS) is 10.8. The van der Waals surface area contributed by atoms with E-state index in [1.165, 1.54) is 0 Å². The Kier molecular flexibility index (Phi) is 4.25. The fraction of sp³-hybridized carbons (Fsp3) is 0.263. The minimum atomic E-state index is -0.140. The molecule has 0 saturated carbocycles. The number of carbonyl (C=O) groups is 1. The second-order valence-corrected chi connectivity index (χ2v) is 5.80. The number of aromatic nitrogens is 2. The lowest BCUT2D eigenvalue weighted by atomic mass is 10.1. The van der Waals surface area contributed by atoms with Crippen molar-refractivity contribution in [1.29, 1.82) is 0 Å². The number of amides is 1. The first-order chi connectivity index (χ1) is 11.5. The molecule has 0 aliphatic carbocycles. The van der Waals surface area contributed by atoms with Crippen molar-refractivity contribution in [3.8, 4) is 11.3 Å². The highest BCUT2D eigenvalue weighted by atomic mass is 16.3. The minimum Gasteiger partial charge on any atom is -0.461 e. The Hall–Kier alpha value is -2.82. The van der Waals surface area contributed by atoms with Gasteiger partial charge in [0.15, 0.2) is 0 Å². The molecule has 0 bridgehead atoms. The summed E-state index contributed by atoms with van der Waals surface area (Å²) in [4.78, 5) is 12.5. The molecule has 1 aromatic carbocycles. The second-order valence-electron chi connectivity index (χ2n) is 5.80. The third-order valence-electron chi connectivity index (χ3n) is 4.09. The number of rotatable bonds is 4. The van der Waals surface area contributed by atoms with E-state index in [0.29, 0.717) is 5.56 Å². The number of furan rings is 1. The van der Waals surface area contributed by atoms with Crippen LogP contribution in [0.15, 0.2) is 40.8 Å². The maximum atomic E-state index is 12.5. The van der Waals surface area contributed by atoms with Gasteiger partial charge in [-0.05, 0) is 52.0 Å². The lowest BCUT2D eigenvalue weighted by Crippen LogP contribution is -2.13. The summed E-state index contributed by atoms with van der Waals surface area (Å²) in [6.45, 7) is 8.57. The smallest absolute Gasteiger partial charge is 0.255 e. The van der Waals surface area contributed by atoms with Crippen LogP contribution in [0, 0.1) is 20.8 Å². The number of aryl methyl sites for hydroxylation is 3. The Morgan fingerprint density at radius 2 is 1.83 bits per heavy atom. The maximum absolute atomic E-state index is 12.5. The molecule has 0 atom stereocenters. The summed E-state index contributed by atoms with van der Waals surface area (Å²) in [6.07, 6.45) is 0. The Morgan fingerprint density at radius 3 is 2.38 bits per heavy atom. The van der Waals surface area contributed by atoms with Crippen LogP contribution < -0.4 is 5.32 Å². The third-order valence-corrected chi connectivity index (χ3v) is 4.09. The van der Waals surface area contributed by atoms with Crippen molar-refractivity contribution in [2.45, 2.75) is 34.2 Å². The van der Waals surface area contributed by atoms with Crippen molar-refractivity contribution in [1.82, 2.24) is 9.78 Å². The van der Waals surface area contributed by atoms with Crippen LogP contribution in [-0.4, -0.2) is 15.7 Å². The molecule has 3 rings (SSSR count). The molecule has 0 unspecified atom stereocenters. The average Bonchev–Trinajstić information content (AvgIpc) is 3.13. The number of nitrogens with zero attached hydrogens (tertiary/aromatic N) is 2. The molecule has 0 saturated heterocycles. The number of hydrogen-bond donors (Lipinski definition) is 1. The van der Waals surface area contributed by atoms with E-state index in [1.807, 2.05) is 56.6 Å². The Balaban J connectivity index is 1.80. The van der Waals surface area contributed by atoms with Gasteiger partial charge in [-0.15, -0.1) is 0 Å². The van der Waals surface area contributed by atoms with Crippen LogP contribution in [0.1, 0.15) is 34.4 Å². The van der Waals surface area contributed by atoms with Crippen LogP contribution in [0.25, 0.3) is 11.3 Å². The Bertz CT molecular complexity index is 873. The van der Waals surface area contributed by atoms with E-state index in [9.17, 15) is 4.79 Å². The van der Waals surface area contributed by atoms with E-state index in [-0.39, 0.29) is 5.91 Å². The average molecular weight is 323 g/mol. The van der Waals surface area contributed by atoms with Crippen molar-refractivity contribution in [3.05, 3.63) is 59.1 Å². The molecule has 1 amide bonds. The molecule has 2 aromatic heterocycles. The van der Waals surface area contributed by atoms with E-state index >= 15 is 0 Å². The first kappa shape index (κ1) is 16.1. The van der Waals surface area contributed by atoms with E-state index in [0.717, 1.165) is 40.7 Å². The molecule has 0 fully saturated rings. The molecule has 2 heterocycles. The summed E-state index contributed by atoms with van der Waals surface area (Å²) >= 11 is 0. The van der Waals surface area contributed by atoms with Crippen molar-refractivity contribution in [2.24, 2.45) is 0 Å². The zero-order chi connectivity index (χ0) is 17.3. The summed E-state index contributed by atoms with van der Waals surface area (Å²) in [5.74, 6) is 1.53. The van der Waals surface area contributed by atoms with Crippen LogP contribution in [-0.2, 0) is 6.54 Å². The fourth-order valence-corrected chi connectivity index (χ4v) is 2.75. The monoisotopic (exact) mass is 323 g/mol. The van der Waals surface area contributed by atoms with Gasteiger partial charge in [0.05, 0.1) is 17.1 Å². The van der Waals surface area contributed by atoms with E-state index in [4.69, 9.17) is 4.42 Å². The minimum absolute atomic E-state index is 0.140. The lowest BCUT2D eigenvalue weighted by Gasteiger charge is -2.07. The van der Waals surface area contributed by atoms with Crippen LogP contribution >= 0.6 is 0 Å². The van der Waals surface area contributed by atoms with Gasteiger partial charge in [0.1, 0.15) is 11.5 Å². The first-order valence-electron chi connectivity index (χ1n) is 8.01. The predicted octanol–water partition coefficient (Wildman–Crippen LogP) is 4.34. The number of carbonyl (C=O) groups excluding carboxylic acids is 1. The lowest BCUT2D eigenvalue weighted by molar-refractivity contribution is 0.102. The number of anilines is 1. The number of hydrogen-bond acceptors (Lipinski definition) is 3. The molecular weight excluding hydrogens is 302 g/mol. The van der Waals surface area contributed by atoms with Crippen LogP contribution in [0.4, 0.5) is 5.69 Å². The molecule has 0 aliphatic rings. The molecule has 0 radical (unpaired) electrons. The molecule has 0 aliphatic heterocycles. The summed E-state index contributed by atoms with van der Waals surface area (Å²) in [6, 6.07) is 11.2. The first-order valence-corrected chi connectivity index (χ1v) is 8.01. The van der Waals surface area contributed by atoms with Gasteiger partial charge in [-0.25, -0.2) is 0 Å². The van der Waals surface area contributed by atoms with Gasteiger partial charge in [-0.2, -0.15) is 5.10 Å². The zero-order valence-electron chi connectivity index (χ0n) is 14.4. The zero-order valence-corrected chi connectivity index (χ0v) is 14.4. The second kappa shape index (κ2) is 6.35. The molecule has 5 nitrogen and oxygen atoms in total. The summed E-state index contributed by atoms with van der Waals surface area (Å²) < 4.78 is 7.48. The van der Waals surface area contributed by atoms with Crippen molar-refractivity contribution in [2.75, 3.05) is 5.32 Å². The molecule has 124 valence electrons. The topological polar surface area (TPSA) is 60.1 Å². The van der Waals surface area contributed by atoms with Crippen LogP contribution in [0.2, 0.25) is 0 Å². The Morgan fingerprint density at radius 1 is 1.12 bits per heavy atom. The molecule has 0 spiro atoms. The van der Waals surface area contributed by atoms with E-state index < -0.39 is 0 Å². The van der Waals surface area contributed by atoms with Gasteiger partial charge < -0.3 is 9.73 Å². The Labute approximate surface area is 141 Å². The summed E-state index contributed by atoms with van der Waals surface area (Å²) in [5.41, 5.74) is 4.12. The predicted molar refractivity (Wildman–Crippen MR) is 94.2 cm³/mol. The highest BCUT2D eigenvalue weighted by Gasteiger charge is 2.15. The number of benzene rings is 1. The van der Waals surface area contributed by atoms with Crippen LogP contribution in [0.5, 0.6) is 0 Å². The van der Waals surface area contributed by atoms with Gasteiger partial charge in [-0.3, -0.25) is 9.48 Å². The van der Waals surface area contributed by atoms with E-state index in [1.54, 1.807) is 12.1 Å². The summed E-state index contributed by atoms with van der Waals surface area (Å²) in [5, 5.41) is 7.39. The van der Waals surface area contributed by atoms with Crippen molar-refractivity contribution < 1.29 is 9.21 Å². The van der Waals surface area contributed by atoms with Gasteiger partial charge in [0.2, 0.25) is 0 Å². The standard InChI is InChI=1S/C19H21N3O2/c1-5-22-14(4)18(13(3)21-22)20-19(23)16-9-7-15(8-10-16)17-11-6-12(2)24-17/h6-11H,5H2,1-4H3,(H,20,23). The van der Waals surface area contributed by atoms with Gasteiger partial charge in [0.25, 0.3) is 5.91 Å². The molecule has 3 aromatic rings. The van der Waals surface area contributed by atoms with Crippen molar-refractivity contribution in [3.63, 3.8) is 0 Å². The highest BCUT2D eigenvalue weighted by Crippen LogP contribution is 2.23. The van der Waals surface area contributed by atoms with Crippen LogP contribution in [0.3, 0.4) is 0 Å². The van der Waals surface area contributed by atoms with Gasteiger partial charge >= 0.3 is 0 Å².